The number of aromatic nitrogens is 3. The Morgan fingerprint density at radius 2 is 2.10 bits per heavy atom. The second-order valence-corrected chi connectivity index (χ2v) is 4.61. The summed E-state index contributed by atoms with van der Waals surface area (Å²) in [5.74, 6) is 0.483. The first-order chi connectivity index (χ1) is 9.52. The van der Waals surface area contributed by atoms with Crippen molar-refractivity contribution in [2.24, 2.45) is 7.05 Å². The predicted octanol–water partition coefficient (Wildman–Crippen LogP) is 1.40. The van der Waals surface area contributed by atoms with Crippen LogP contribution in [0.1, 0.15) is 27.4 Å². The summed E-state index contributed by atoms with van der Waals surface area (Å²) in [7, 11) is 3.66. The topological polar surface area (TPSA) is 71.8 Å². The first-order valence-electron chi connectivity index (χ1n) is 6.45. The molecule has 2 aromatic rings. The van der Waals surface area contributed by atoms with Gasteiger partial charge >= 0.3 is 0 Å². The maximum Gasteiger partial charge on any atom is 0.270 e. The molecule has 2 N–H and O–H groups in total. The number of nitrogens with one attached hydrogen (secondary N) is 2. The Hall–Kier alpha value is -2.37. The highest BCUT2D eigenvalue weighted by molar-refractivity contribution is 5.92. The van der Waals surface area contributed by atoms with E-state index >= 15 is 0 Å². The van der Waals surface area contributed by atoms with Gasteiger partial charge in [-0.15, -0.1) is 0 Å². The number of pyridine rings is 1. The lowest BCUT2D eigenvalue weighted by molar-refractivity contribution is 0.0946. The van der Waals surface area contributed by atoms with E-state index < -0.39 is 0 Å². The third-order valence-electron chi connectivity index (χ3n) is 3.32. The number of aryl methyl sites for hydroxylation is 2. The molecule has 0 radical (unpaired) electrons. The average Bonchev–Trinajstić information content (AvgIpc) is 2.70. The van der Waals surface area contributed by atoms with Gasteiger partial charge in [0.1, 0.15) is 11.5 Å². The highest BCUT2D eigenvalue weighted by Gasteiger charge is 2.12. The van der Waals surface area contributed by atoms with Crippen molar-refractivity contribution in [3.63, 3.8) is 0 Å². The van der Waals surface area contributed by atoms with E-state index in [0.29, 0.717) is 18.1 Å². The van der Waals surface area contributed by atoms with Crippen LogP contribution in [0.5, 0.6) is 0 Å². The zero-order valence-electron chi connectivity index (χ0n) is 12.2. The van der Waals surface area contributed by atoms with E-state index in [1.54, 1.807) is 19.2 Å². The van der Waals surface area contributed by atoms with E-state index in [1.807, 2.05) is 31.6 Å². The quantitative estimate of drug-likeness (QED) is 0.883. The van der Waals surface area contributed by atoms with Crippen molar-refractivity contribution in [3.05, 3.63) is 40.8 Å². The summed E-state index contributed by atoms with van der Waals surface area (Å²) in [4.78, 5) is 16.3. The van der Waals surface area contributed by atoms with Crippen molar-refractivity contribution >= 4 is 11.7 Å². The summed E-state index contributed by atoms with van der Waals surface area (Å²) < 4.78 is 1.82. The first-order valence-corrected chi connectivity index (χ1v) is 6.45. The van der Waals surface area contributed by atoms with Gasteiger partial charge in [-0.05, 0) is 26.0 Å². The number of amides is 1. The van der Waals surface area contributed by atoms with E-state index in [4.69, 9.17) is 0 Å². The summed E-state index contributed by atoms with van der Waals surface area (Å²) in [5, 5.41) is 10.1. The molecule has 0 fully saturated rings. The highest BCUT2D eigenvalue weighted by Crippen LogP contribution is 2.11. The van der Waals surface area contributed by atoms with E-state index in [9.17, 15) is 4.79 Å². The number of carbonyl (C=O) groups is 1. The van der Waals surface area contributed by atoms with Gasteiger partial charge in [0, 0.05) is 31.9 Å². The van der Waals surface area contributed by atoms with Gasteiger partial charge in [-0.1, -0.05) is 6.07 Å². The SMILES string of the molecule is CNc1cccc(C(=O)NCc2c(C)nn(C)c2C)n1. The number of hydrogen-bond acceptors (Lipinski definition) is 4. The fourth-order valence-electron chi connectivity index (χ4n) is 2.03. The lowest BCUT2D eigenvalue weighted by Gasteiger charge is -2.06. The van der Waals surface area contributed by atoms with Crippen LogP contribution in [-0.2, 0) is 13.6 Å². The summed E-state index contributed by atoms with van der Waals surface area (Å²) >= 11 is 0. The fourth-order valence-corrected chi connectivity index (χ4v) is 2.03. The normalized spacial score (nSPS) is 10.4. The van der Waals surface area contributed by atoms with E-state index in [1.165, 1.54) is 0 Å². The van der Waals surface area contributed by atoms with Gasteiger partial charge in [-0.2, -0.15) is 5.10 Å². The van der Waals surface area contributed by atoms with E-state index in [-0.39, 0.29) is 5.91 Å². The molecule has 2 aromatic heterocycles. The molecule has 0 spiro atoms. The van der Waals surface area contributed by atoms with Gasteiger partial charge in [0.2, 0.25) is 0 Å². The smallest absolute Gasteiger partial charge is 0.270 e. The van der Waals surface area contributed by atoms with Crippen molar-refractivity contribution < 1.29 is 4.79 Å². The summed E-state index contributed by atoms with van der Waals surface area (Å²) in [6, 6.07) is 5.31. The molecule has 0 saturated heterocycles. The minimum Gasteiger partial charge on any atom is -0.373 e. The van der Waals surface area contributed by atoms with E-state index in [2.05, 4.69) is 20.7 Å². The standard InChI is InChI=1S/C14H19N5O/c1-9-11(10(2)19(4)18-9)8-16-14(20)12-6-5-7-13(15-3)17-12/h5-7H,8H2,1-4H3,(H,15,17)(H,16,20). The second kappa shape index (κ2) is 5.73. The molecular weight excluding hydrogens is 254 g/mol. The van der Waals surface area contributed by atoms with Gasteiger partial charge < -0.3 is 10.6 Å². The zero-order chi connectivity index (χ0) is 14.7. The third-order valence-corrected chi connectivity index (χ3v) is 3.32. The fraction of sp³-hybridized carbons (Fsp3) is 0.357. The number of nitrogens with zero attached hydrogens (tertiary/aromatic N) is 3. The Bertz CT molecular complexity index is 632. The summed E-state index contributed by atoms with van der Waals surface area (Å²) in [6.07, 6.45) is 0. The molecule has 20 heavy (non-hydrogen) atoms. The Balaban J connectivity index is 2.08. The Morgan fingerprint density at radius 1 is 1.35 bits per heavy atom. The molecule has 0 aliphatic heterocycles. The van der Waals surface area contributed by atoms with Gasteiger partial charge in [0.25, 0.3) is 5.91 Å². The first kappa shape index (κ1) is 14.0. The molecule has 0 aromatic carbocycles. The molecule has 0 aliphatic rings. The average molecular weight is 273 g/mol. The predicted molar refractivity (Wildman–Crippen MR) is 77.6 cm³/mol. The van der Waals surface area contributed by atoms with Crippen LogP contribution in [0.25, 0.3) is 0 Å². The van der Waals surface area contributed by atoms with Crippen LogP contribution in [0, 0.1) is 13.8 Å². The van der Waals surface area contributed by atoms with Gasteiger partial charge in [0.05, 0.1) is 5.69 Å². The molecule has 2 heterocycles. The van der Waals surface area contributed by atoms with E-state index in [0.717, 1.165) is 17.0 Å². The van der Waals surface area contributed by atoms with Crippen molar-refractivity contribution in [1.29, 1.82) is 0 Å². The van der Waals surface area contributed by atoms with Crippen molar-refractivity contribution in [2.45, 2.75) is 20.4 Å². The van der Waals surface area contributed by atoms with Crippen LogP contribution in [0.2, 0.25) is 0 Å². The second-order valence-electron chi connectivity index (χ2n) is 4.61. The third kappa shape index (κ3) is 2.79. The molecule has 0 unspecified atom stereocenters. The number of hydrogen-bond donors (Lipinski definition) is 2. The summed E-state index contributed by atoms with van der Waals surface area (Å²) in [5.41, 5.74) is 3.43. The number of carbonyl (C=O) groups excluding carboxylic acids is 1. The van der Waals surface area contributed by atoms with Crippen LogP contribution in [0.4, 0.5) is 5.82 Å². The molecule has 6 heteroatoms. The maximum absolute atomic E-state index is 12.1. The molecule has 1 amide bonds. The lowest BCUT2D eigenvalue weighted by atomic mass is 10.2. The molecular formula is C14H19N5O. The molecule has 106 valence electrons. The number of rotatable bonds is 4. The molecule has 0 atom stereocenters. The number of anilines is 1. The molecule has 6 nitrogen and oxygen atoms in total. The maximum atomic E-state index is 12.1. The minimum atomic E-state index is -0.190. The molecule has 0 aliphatic carbocycles. The van der Waals surface area contributed by atoms with Crippen molar-refractivity contribution in [1.82, 2.24) is 20.1 Å². The lowest BCUT2D eigenvalue weighted by Crippen LogP contribution is -2.24. The largest absolute Gasteiger partial charge is 0.373 e. The molecule has 2 rings (SSSR count). The summed E-state index contributed by atoms with van der Waals surface area (Å²) in [6.45, 7) is 4.38. The van der Waals surface area contributed by atoms with Gasteiger partial charge in [0.15, 0.2) is 0 Å². The van der Waals surface area contributed by atoms with Crippen LogP contribution < -0.4 is 10.6 Å². The van der Waals surface area contributed by atoms with Crippen molar-refractivity contribution in [3.8, 4) is 0 Å². The van der Waals surface area contributed by atoms with Crippen LogP contribution in [0.15, 0.2) is 18.2 Å². The highest BCUT2D eigenvalue weighted by atomic mass is 16.1. The Kier molecular flexibility index (Phi) is 4.02. The molecule has 0 saturated carbocycles. The van der Waals surface area contributed by atoms with Crippen LogP contribution in [0.3, 0.4) is 0 Å². The van der Waals surface area contributed by atoms with Crippen molar-refractivity contribution in [2.75, 3.05) is 12.4 Å². The van der Waals surface area contributed by atoms with Gasteiger partial charge in [-0.3, -0.25) is 9.48 Å². The van der Waals surface area contributed by atoms with Gasteiger partial charge in [-0.25, -0.2) is 4.98 Å². The van der Waals surface area contributed by atoms with Crippen LogP contribution >= 0.6 is 0 Å². The minimum absolute atomic E-state index is 0.190. The van der Waals surface area contributed by atoms with Crippen LogP contribution in [-0.4, -0.2) is 27.7 Å². The Morgan fingerprint density at radius 3 is 2.70 bits per heavy atom. The Labute approximate surface area is 118 Å². The monoisotopic (exact) mass is 273 g/mol. The molecule has 0 bridgehead atoms. The zero-order valence-corrected chi connectivity index (χ0v) is 12.2.